The second-order valence-electron chi connectivity index (χ2n) is 8.45. The summed E-state index contributed by atoms with van der Waals surface area (Å²) in [6.45, 7) is 4.61. The van der Waals surface area contributed by atoms with Gasteiger partial charge in [-0.2, -0.15) is 0 Å². The van der Waals surface area contributed by atoms with E-state index in [1.165, 1.54) is 35.3 Å². The normalized spacial score (nSPS) is 13.6. The first-order valence-corrected chi connectivity index (χ1v) is 11.9. The van der Waals surface area contributed by atoms with Gasteiger partial charge < -0.3 is 14.5 Å². The summed E-state index contributed by atoms with van der Waals surface area (Å²) in [5.41, 5.74) is 1.23. The van der Waals surface area contributed by atoms with Crippen molar-refractivity contribution in [3.05, 3.63) is 72.6 Å². The van der Waals surface area contributed by atoms with Crippen LogP contribution in [0.15, 0.2) is 60.9 Å². The minimum absolute atomic E-state index is 0.0388. The molecule has 0 aliphatic carbocycles. The van der Waals surface area contributed by atoms with Crippen LogP contribution in [0, 0.1) is 11.6 Å². The van der Waals surface area contributed by atoms with E-state index in [0.717, 1.165) is 5.82 Å². The maximum Gasteiger partial charge on any atom is 0.244 e. The third-order valence-corrected chi connectivity index (χ3v) is 6.04. The monoisotopic (exact) mass is 505 g/mol. The average Bonchev–Trinajstić information content (AvgIpc) is 3.33. The summed E-state index contributed by atoms with van der Waals surface area (Å²) in [7, 11) is 0. The molecule has 1 fully saturated rings. The number of carbonyl (C=O) groups is 1. The Morgan fingerprint density at radius 2 is 1.57 bits per heavy atom. The molecule has 4 aromatic rings. The lowest BCUT2D eigenvalue weighted by atomic mass is 10.2. The number of nitrogens with zero attached hydrogens (tertiary/aromatic N) is 7. The highest BCUT2D eigenvalue weighted by Crippen LogP contribution is 2.24. The van der Waals surface area contributed by atoms with E-state index in [9.17, 15) is 13.6 Å². The molecule has 37 heavy (non-hydrogen) atoms. The minimum atomic E-state index is -0.375. The Morgan fingerprint density at radius 3 is 2.22 bits per heavy atom. The van der Waals surface area contributed by atoms with Gasteiger partial charge in [-0.1, -0.05) is 0 Å². The van der Waals surface area contributed by atoms with Crippen molar-refractivity contribution in [2.45, 2.75) is 13.5 Å². The van der Waals surface area contributed by atoms with E-state index in [4.69, 9.17) is 4.74 Å². The molecule has 1 saturated heterocycles. The fourth-order valence-electron chi connectivity index (χ4n) is 4.13. The largest absolute Gasteiger partial charge is 0.478 e. The van der Waals surface area contributed by atoms with E-state index in [-0.39, 0.29) is 24.1 Å². The smallest absolute Gasteiger partial charge is 0.244 e. The van der Waals surface area contributed by atoms with E-state index >= 15 is 0 Å². The summed E-state index contributed by atoms with van der Waals surface area (Å²) in [4.78, 5) is 30.1. The van der Waals surface area contributed by atoms with Crippen LogP contribution >= 0.6 is 0 Å². The third kappa shape index (κ3) is 5.55. The Hall–Kier alpha value is -4.41. The van der Waals surface area contributed by atoms with Gasteiger partial charge in [0.05, 0.1) is 6.61 Å². The SMILES string of the molecule is CCOc1cc(N2CCN(C(=O)Cn3nc(-c4ccc(F)cc4)nc3-c3ccc(F)cc3)CC2)ncn1. The van der Waals surface area contributed by atoms with Crippen LogP contribution in [0.5, 0.6) is 5.88 Å². The number of rotatable bonds is 7. The summed E-state index contributed by atoms with van der Waals surface area (Å²) in [5, 5.41) is 4.53. The Labute approximate surface area is 212 Å². The van der Waals surface area contributed by atoms with Gasteiger partial charge in [-0.3, -0.25) is 4.79 Å². The number of benzene rings is 2. The van der Waals surface area contributed by atoms with Gasteiger partial charge in [0, 0.05) is 43.4 Å². The van der Waals surface area contributed by atoms with Crippen molar-refractivity contribution in [2.24, 2.45) is 0 Å². The molecule has 0 unspecified atom stereocenters. The van der Waals surface area contributed by atoms with Crippen LogP contribution < -0.4 is 9.64 Å². The first-order chi connectivity index (χ1) is 18.0. The molecule has 0 spiro atoms. The number of halogens is 2. The highest BCUT2D eigenvalue weighted by Gasteiger charge is 2.24. The number of hydrogen-bond acceptors (Lipinski definition) is 7. The van der Waals surface area contributed by atoms with E-state index < -0.39 is 0 Å². The van der Waals surface area contributed by atoms with Crippen LogP contribution in [-0.2, 0) is 11.3 Å². The number of ether oxygens (including phenoxy) is 1. The fraction of sp³-hybridized carbons (Fsp3) is 0.269. The number of piperazine rings is 1. The average molecular weight is 506 g/mol. The number of hydrogen-bond donors (Lipinski definition) is 0. The van der Waals surface area contributed by atoms with Crippen molar-refractivity contribution >= 4 is 11.7 Å². The highest BCUT2D eigenvalue weighted by molar-refractivity contribution is 5.77. The van der Waals surface area contributed by atoms with Crippen molar-refractivity contribution in [3.8, 4) is 28.7 Å². The highest BCUT2D eigenvalue weighted by atomic mass is 19.1. The van der Waals surface area contributed by atoms with Crippen LogP contribution in [0.1, 0.15) is 6.92 Å². The predicted octanol–water partition coefficient (Wildman–Crippen LogP) is 3.43. The zero-order valence-corrected chi connectivity index (χ0v) is 20.2. The number of anilines is 1. The number of carbonyl (C=O) groups excluding carboxylic acids is 1. The Kier molecular flexibility index (Phi) is 7.02. The molecule has 5 rings (SSSR count). The molecule has 2 aromatic carbocycles. The Bertz CT molecular complexity index is 1370. The van der Waals surface area contributed by atoms with Crippen molar-refractivity contribution in [3.63, 3.8) is 0 Å². The molecule has 190 valence electrons. The molecule has 0 atom stereocenters. The van der Waals surface area contributed by atoms with E-state index in [1.54, 1.807) is 35.2 Å². The quantitative estimate of drug-likeness (QED) is 0.380. The first kappa shape index (κ1) is 24.3. The van der Waals surface area contributed by atoms with Crippen LogP contribution in [0.4, 0.5) is 14.6 Å². The molecule has 0 saturated carbocycles. The van der Waals surface area contributed by atoms with E-state index in [2.05, 4.69) is 25.0 Å². The predicted molar refractivity (Wildman–Crippen MR) is 133 cm³/mol. The second kappa shape index (κ2) is 10.7. The molecular formula is C26H25F2N7O2. The Morgan fingerprint density at radius 1 is 0.919 bits per heavy atom. The molecule has 3 heterocycles. The molecule has 11 heteroatoms. The van der Waals surface area contributed by atoms with Gasteiger partial charge in [0.25, 0.3) is 0 Å². The molecule has 1 aliphatic rings. The summed E-state index contributed by atoms with van der Waals surface area (Å²) in [6, 6.07) is 13.4. The lowest BCUT2D eigenvalue weighted by Crippen LogP contribution is -2.50. The summed E-state index contributed by atoms with van der Waals surface area (Å²) in [5.74, 6) is 1.19. The van der Waals surface area contributed by atoms with Gasteiger partial charge in [0.15, 0.2) is 11.6 Å². The van der Waals surface area contributed by atoms with Gasteiger partial charge in [-0.05, 0) is 55.5 Å². The lowest BCUT2D eigenvalue weighted by Gasteiger charge is -2.35. The zero-order chi connectivity index (χ0) is 25.8. The maximum absolute atomic E-state index is 13.5. The van der Waals surface area contributed by atoms with Crippen LogP contribution in [-0.4, -0.2) is 68.3 Å². The number of amides is 1. The summed E-state index contributed by atoms with van der Waals surface area (Å²) >= 11 is 0. The van der Waals surface area contributed by atoms with Gasteiger partial charge in [0.1, 0.15) is 30.3 Å². The van der Waals surface area contributed by atoms with E-state index in [0.29, 0.717) is 61.4 Å². The molecule has 1 aliphatic heterocycles. The summed E-state index contributed by atoms with van der Waals surface area (Å²) < 4.78 is 33.9. The van der Waals surface area contributed by atoms with Gasteiger partial charge >= 0.3 is 0 Å². The van der Waals surface area contributed by atoms with Gasteiger partial charge in [-0.15, -0.1) is 5.10 Å². The van der Waals surface area contributed by atoms with Gasteiger partial charge in [0.2, 0.25) is 11.8 Å². The first-order valence-electron chi connectivity index (χ1n) is 11.9. The minimum Gasteiger partial charge on any atom is -0.478 e. The molecule has 0 N–H and O–H groups in total. The number of aromatic nitrogens is 5. The van der Waals surface area contributed by atoms with Crippen molar-refractivity contribution in [1.82, 2.24) is 29.6 Å². The Balaban J connectivity index is 1.32. The second-order valence-corrected chi connectivity index (χ2v) is 8.45. The molecule has 0 radical (unpaired) electrons. The van der Waals surface area contributed by atoms with Crippen LogP contribution in [0.2, 0.25) is 0 Å². The zero-order valence-electron chi connectivity index (χ0n) is 20.2. The van der Waals surface area contributed by atoms with E-state index in [1.807, 2.05) is 6.92 Å². The third-order valence-electron chi connectivity index (χ3n) is 6.04. The maximum atomic E-state index is 13.5. The lowest BCUT2D eigenvalue weighted by molar-refractivity contribution is -0.132. The molecular weight excluding hydrogens is 480 g/mol. The molecule has 2 aromatic heterocycles. The van der Waals surface area contributed by atoms with Gasteiger partial charge in [-0.25, -0.2) is 28.4 Å². The molecule has 9 nitrogen and oxygen atoms in total. The fourth-order valence-corrected chi connectivity index (χ4v) is 4.13. The van der Waals surface area contributed by atoms with Crippen molar-refractivity contribution in [2.75, 3.05) is 37.7 Å². The van der Waals surface area contributed by atoms with Crippen LogP contribution in [0.25, 0.3) is 22.8 Å². The topological polar surface area (TPSA) is 89.3 Å². The van der Waals surface area contributed by atoms with Crippen molar-refractivity contribution in [1.29, 1.82) is 0 Å². The van der Waals surface area contributed by atoms with Crippen LogP contribution in [0.3, 0.4) is 0 Å². The molecule has 0 bridgehead atoms. The molecule has 1 amide bonds. The standard InChI is InChI=1S/C26H25F2N7O2/c1-2-37-23-15-22(29-17-30-23)33-11-13-34(14-12-33)24(36)16-35-26(19-5-9-21(28)10-6-19)31-25(32-35)18-3-7-20(27)8-4-18/h3-10,15,17H,2,11-14,16H2,1H3. The van der Waals surface area contributed by atoms with Crippen molar-refractivity contribution < 1.29 is 18.3 Å². The summed E-state index contributed by atoms with van der Waals surface area (Å²) in [6.07, 6.45) is 1.47.